The van der Waals surface area contributed by atoms with Gasteiger partial charge in [-0.3, -0.25) is 4.99 Å². The quantitative estimate of drug-likeness (QED) is 0.845. The molecule has 86 valence electrons. The third kappa shape index (κ3) is 2.79. The number of aryl methyl sites for hydroxylation is 2. The van der Waals surface area contributed by atoms with Crippen molar-refractivity contribution in [3.8, 4) is 0 Å². The Morgan fingerprint density at radius 1 is 1.31 bits per heavy atom. The molecule has 0 fully saturated rings. The van der Waals surface area contributed by atoms with Crippen molar-refractivity contribution in [3.05, 3.63) is 29.3 Å². The number of rotatable bonds is 2. The summed E-state index contributed by atoms with van der Waals surface area (Å²) in [5, 5.41) is 5.13. The number of hydrogen-bond donors (Lipinski definition) is 1. The van der Waals surface area contributed by atoms with Crippen LogP contribution in [0.3, 0.4) is 0 Å². The molecule has 1 aliphatic heterocycles. The zero-order valence-electron chi connectivity index (χ0n) is 10.1. The molecular formula is C13H18N2S. The summed E-state index contributed by atoms with van der Waals surface area (Å²) < 4.78 is 0. The van der Waals surface area contributed by atoms with Gasteiger partial charge >= 0.3 is 0 Å². The summed E-state index contributed by atoms with van der Waals surface area (Å²) in [7, 11) is 0. The van der Waals surface area contributed by atoms with Gasteiger partial charge in [-0.05, 0) is 43.5 Å². The highest BCUT2D eigenvalue weighted by molar-refractivity contribution is 8.15. The minimum atomic E-state index is 0.661. The fourth-order valence-electron chi connectivity index (χ4n) is 1.87. The van der Waals surface area contributed by atoms with E-state index in [0.717, 1.165) is 17.4 Å². The Bertz CT molecular complexity index is 392. The molecule has 0 radical (unpaired) electrons. The Hall–Kier alpha value is -0.960. The van der Waals surface area contributed by atoms with Crippen LogP contribution in [0.15, 0.2) is 23.2 Å². The van der Waals surface area contributed by atoms with E-state index in [1.807, 2.05) is 11.8 Å². The molecule has 3 heteroatoms. The molecule has 1 N–H and O–H groups in total. The SMILES string of the molecule is CCC1CN=C(Nc2cc(C)cc(C)c2)S1. The second-order valence-electron chi connectivity index (χ2n) is 4.30. The second kappa shape index (κ2) is 4.91. The monoisotopic (exact) mass is 234 g/mol. The number of anilines is 1. The fraction of sp³-hybridized carbons (Fsp3) is 0.462. The van der Waals surface area contributed by atoms with Crippen LogP contribution in [0, 0.1) is 13.8 Å². The summed E-state index contributed by atoms with van der Waals surface area (Å²) in [6.07, 6.45) is 1.19. The summed E-state index contributed by atoms with van der Waals surface area (Å²) in [5.41, 5.74) is 3.73. The lowest BCUT2D eigenvalue weighted by molar-refractivity contribution is 0.843. The van der Waals surface area contributed by atoms with Crippen LogP contribution in [0.2, 0.25) is 0 Å². The highest BCUT2D eigenvalue weighted by Crippen LogP contribution is 2.25. The maximum Gasteiger partial charge on any atom is 0.161 e. The molecule has 1 atom stereocenters. The van der Waals surface area contributed by atoms with Gasteiger partial charge in [0.2, 0.25) is 0 Å². The Labute approximate surface area is 102 Å². The van der Waals surface area contributed by atoms with Crippen molar-refractivity contribution in [3.63, 3.8) is 0 Å². The average Bonchev–Trinajstić information content (AvgIpc) is 2.64. The Balaban J connectivity index is 2.05. The van der Waals surface area contributed by atoms with Gasteiger partial charge in [0, 0.05) is 10.9 Å². The topological polar surface area (TPSA) is 24.4 Å². The van der Waals surface area contributed by atoms with Gasteiger partial charge in [0.05, 0.1) is 6.54 Å². The largest absolute Gasteiger partial charge is 0.335 e. The van der Waals surface area contributed by atoms with Gasteiger partial charge in [-0.2, -0.15) is 0 Å². The molecule has 1 heterocycles. The normalized spacial score (nSPS) is 19.7. The van der Waals surface area contributed by atoms with E-state index in [0.29, 0.717) is 5.25 Å². The summed E-state index contributed by atoms with van der Waals surface area (Å²) in [6, 6.07) is 6.51. The van der Waals surface area contributed by atoms with Crippen molar-refractivity contribution in [1.29, 1.82) is 0 Å². The highest BCUT2D eigenvalue weighted by Gasteiger charge is 2.17. The van der Waals surface area contributed by atoms with Gasteiger partial charge in [-0.15, -0.1) is 0 Å². The number of amidine groups is 1. The molecule has 1 aromatic rings. The van der Waals surface area contributed by atoms with Crippen molar-refractivity contribution in [2.24, 2.45) is 4.99 Å². The highest BCUT2D eigenvalue weighted by atomic mass is 32.2. The van der Waals surface area contributed by atoms with Gasteiger partial charge in [0.1, 0.15) is 0 Å². The minimum absolute atomic E-state index is 0.661. The maximum atomic E-state index is 4.51. The van der Waals surface area contributed by atoms with E-state index in [4.69, 9.17) is 0 Å². The predicted molar refractivity (Wildman–Crippen MR) is 73.5 cm³/mol. The van der Waals surface area contributed by atoms with E-state index in [1.165, 1.54) is 17.5 Å². The lowest BCUT2D eigenvalue weighted by Gasteiger charge is -2.08. The van der Waals surface area contributed by atoms with E-state index < -0.39 is 0 Å². The van der Waals surface area contributed by atoms with E-state index >= 15 is 0 Å². The molecule has 0 saturated carbocycles. The van der Waals surface area contributed by atoms with Crippen LogP contribution < -0.4 is 5.32 Å². The van der Waals surface area contributed by atoms with Crippen molar-refractivity contribution < 1.29 is 0 Å². The van der Waals surface area contributed by atoms with Crippen LogP contribution in [-0.2, 0) is 0 Å². The first-order valence-electron chi connectivity index (χ1n) is 5.74. The molecule has 2 rings (SSSR count). The van der Waals surface area contributed by atoms with Gasteiger partial charge in [-0.25, -0.2) is 0 Å². The molecule has 0 amide bonds. The molecule has 2 nitrogen and oxygen atoms in total. The Kier molecular flexibility index (Phi) is 3.54. The van der Waals surface area contributed by atoms with Crippen molar-refractivity contribution in [2.75, 3.05) is 11.9 Å². The molecule has 0 aromatic heterocycles. The first kappa shape index (κ1) is 11.5. The van der Waals surface area contributed by atoms with E-state index in [2.05, 4.69) is 49.3 Å². The van der Waals surface area contributed by atoms with Crippen LogP contribution >= 0.6 is 11.8 Å². The molecule has 1 aromatic carbocycles. The van der Waals surface area contributed by atoms with Gasteiger partial charge in [-0.1, -0.05) is 24.8 Å². The molecule has 0 bridgehead atoms. The number of nitrogens with zero attached hydrogens (tertiary/aromatic N) is 1. The number of aliphatic imine (C=N–C) groups is 1. The summed E-state index contributed by atoms with van der Waals surface area (Å²) in [4.78, 5) is 4.51. The molecule has 1 unspecified atom stereocenters. The summed E-state index contributed by atoms with van der Waals surface area (Å²) in [6.45, 7) is 7.41. The van der Waals surface area contributed by atoms with E-state index in [-0.39, 0.29) is 0 Å². The molecule has 1 aliphatic rings. The molecule has 0 aliphatic carbocycles. The van der Waals surface area contributed by atoms with Crippen molar-refractivity contribution in [1.82, 2.24) is 0 Å². The smallest absolute Gasteiger partial charge is 0.161 e. The zero-order valence-corrected chi connectivity index (χ0v) is 10.9. The number of benzene rings is 1. The van der Waals surface area contributed by atoms with Crippen molar-refractivity contribution in [2.45, 2.75) is 32.4 Å². The average molecular weight is 234 g/mol. The number of hydrogen-bond acceptors (Lipinski definition) is 3. The third-order valence-corrected chi connectivity index (χ3v) is 3.92. The first-order valence-corrected chi connectivity index (χ1v) is 6.61. The number of thioether (sulfide) groups is 1. The molecular weight excluding hydrogens is 216 g/mol. The van der Waals surface area contributed by atoms with Gasteiger partial charge < -0.3 is 5.32 Å². The lowest BCUT2D eigenvalue weighted by Crippen LogP contribution is -2.07. The molecule has 0 saturated heterocycles. The summed E-state index contributed by atoms with van der Waals surface area (Å²) >= 11 is 1.86. The van der Waals surface area contributed by atoms with Crippen LogP contribution in [-0.4, -0.2) is 17.0 Å². The van der Waals surface area contributed by atoms with Crippen LogP contribution in [0.4, 0.5) is 5.69 Å². The predicted octanol–water partition coefficient (Wildman–Crippen LogP) is 3.60. The van der Waals surface area contributed by atoms with Crippen LogP contribution in [0.25, 0.3) is 0 Å². The second-order valence-corrected chi connectivity index (χ2v) is 5.58. The zero-order chi connectivity index (χ0) is 11.5. The fourth-order valence-corrected chi connectivity index (χ4v) is 2.83. The standard InChI is InChI=1S/C13H18N2S/c1-4-12-8-14-13(16-12)15-11-6-9(2)5-10(3)7-11/h5-7,12H,4,8H2,1-3H3,(H,14,15). The van der Waals surface area contributed by atoms with Gasteiger partial charge in [0.15, 0.2) is 5.17 Å². The van der Waals surface area contributed by atoms with E-state index in [9.17, 15) is 0 Å². The number of nitrogens with one attached hydrogen (secondary N) is 1. The van der Waals surface area contributed by atoms with E-state index in [1.54, 1.807) is 0 Å². The third-order valence-electron chi connectivity index (χ3n) is 2.65. The van der Waals surface area contributed by atoms with Crippen LogP contribution in [0.5, 0.6) is 0 Å². The Morgan fingerprint density at radius 2 is 2.00 bits per heavy atom. The van der Waals surface area contributed by atoms with Crippen LogP contribution in [0.1, 0.15) is 24.5 Å². The maximum absolute atomic E-state index is 4.51. The first-order chi connectivity index (χ1) is 7.67. The van der Waals surface area contributed by atoms with Crippen molar-refractivity contribution >= 4 is 22.6 Å². The Morgan fingerprint density at radius 3 is 2.56 bits per heavy atom. The van der Waals surface area contributed by atoms with Gasteiger partial charge in [0.25, 0.3) is 0 Å². The molecule has 0 spiro atoms. The molecule has 16 heavy (non-hydrogen) atoms. The lowest BCUT2D eigenvalue weighted by atomic mass is 10.1. The summed E-state index contributed by atoms with van der Waals surface area (Å²) in [5.74, 6) is 0. The minimum Gasteiger partial charge on any atom is -0.335 e.